The first-order chi connectivity index (χ1) is 10.1. The maximum absolute atomic E-state index is 11.4. The number of likely N-dealkylation sites (N-methyl/N-ethyl adjacent to an activating group) is 1. The van der Waals surface area contributed by atoms with Crippen molar-refractivity contribution in [2.75, 3.05) is 38.3 Å². The van der Waals surface area contributed by atoms with Crippen molar-refractivity contribution in [3.05, 3.63) is 29.8 Å². The topological polar surface area (TPSA) is 58.8 Å². The molecule has 0 bridgehead atoms. The maximum atomic E-state index is 11.4. The molecule has 5 nitrogen and oxygen atoms in total. The van der Waals surface area contributed by atoms with Crippen LogP contribution in [0.15, 0.2) is 24.3 Å². The average Bonchev–Trinajstić information content (AvgIpc) is 2.49. The number of ether oxygens (including phenoxy) is 1. The number of morpholine rings is 1. The normalized spacial score (nSPS) is 17.0. The number of amides is 1. The third-order valence-electron chi connectivity index (χ3n) is 3.99. The highest BCUT2D eigenvalue weighted by Gasteiger charge is 2.18. The van der Waals surface area contributed by atoms with E-state index < -0.39 is 0 Å². The quantitative estimate of drug-likeness (QED) is 0.856. The van der Waals surface area contributed by atoms with Gasteiger partial charge < -0.3 is 15.4 Å². The first kappa shape index (κ1) is 15.8. The van der Waals surface area contributed by atoms with Crippen LogP contribution in [-0.2, 0) is 16.1 Å². The summed E-state index contributed by atoms with van der Waals surface area (Å²) >= 11 is 0. The minimum absolute atomic E-state index is 0.205. The molecular weight excluding hydrogens is 266 g/mol. The molecule has 1 aromatic rings. The Kier molecular flexibility index (Phi) is 5.59. The number of anilines is 1. The van der Waals surface area contributed by atoms with Crippen LogP contribution in [0.1, 0.15) is 18.9 Å². The zero-order valence-corrected chi connectivity index (χ0v) is 12.9. The molecule has 1 atom stereocenters. The van der Waals surface area contributed by atoms with Gasteiger partial charge in [0.15, 0.2) is 0 Å². The number of nitrogens with zero attached hydrogens (tertiary/aromatic N) is 2. The summed E-state index contributed by atoms with van der Waals surface area (Å²) in [5, 5.41) is 0. The summed E-state index contributed by atoms with van der Waals surface area (Å²) in [5.41, 5.74) is 7.84. The Morgan fingerprint density at radius 2 is 1.95 bits per heavy atom. The zero-order chi connectivity index (χ0) is 15.2. The van der Waals surface area contributed by atoms with E-state index in [1.807, 2.05) is 18.9 Å². The fourth-order valence-electron chi connectivity index (χ4n) is 2.76. The van der Waals surface area contributed by atoms with E-state index in [1.54, 1.807) is 0 Å². The Morgan fingerprint density at radius 3 is 2.48 bits per heavy atom. The van der Waals surface area contributed by atoms with Crippen LogP contribution in [0.3, 0.4) is 0 Å². The molecule has 2 N–H and O–H groups in total. The Labute approximate surface area is 126 Å². The van der Waals surface area contributed by atoms with Crippen molar-refractivity contribution in [2.24, 2.45) is 5.73 Å². The zero-order valence-electron chi connectivity index (χ0n) is 12.9. The lowest BCUT2D eigenvalue weighted by molar-refractivity contribution is -0.123. The highest BCUT2D eigenvalue weighted by Crippen LogP contribution is 2.18. The van der Waals surface area contributed by atoms with Gasteiger partial charge in [0.25, 0.3) is 0 Å². The van der Waals surface area contributed by atoms with Gasteiger partial charge >= 0.3 is 0 Å². The second-order valence-corrected chi connectivity index (χ2v) is 5.51. The third-order valence-corrected chi connectivity index (χ3v) is 3.99. The Morgan fingerprint density at radius 1 is 1.33 bits per heavy atom. The molecule has 2 rings (SSSR count). The number of nitrogens with two attached hydrogens (primary N) is 1. The van der Waals surface area contributed by atoms with Crippen LogP contribution in [-0.4, -0.2) is 50.2 Å². The molecule has 1 saturated heterocycles. The molecule has 116 valence electrons. The molecule has 1 aliphatic rings. The van der Waals surface area contributed by atoms with E-state index in [1.165, 1.54) is 11.3 Å². The highest BCUT2D eigenvalue weighted by atomic mass is 16.5. The van der Waals surface area contributed by atoms with Gasteiger partial charge in [0.05, 0.1) is 19.3 Å². The first-order valence-corrected chi connectivity index (χ1v) is 7.53. The average molecular weight is 291 g/mol. The van der Waals surface area contributed by atoms with E-state index in [4.69, 9.17) is 10.5 Å². The van der Waals surface area contributed by atoms with Crippen molar-refractivity contribution in [1.29, 1.82) is 0 Å². The lowest BCUT2D eigenvalue weighted by atomic mass is 10.1. The van der Waals surface area contributed by atoms with Crippen molar-refractivity contribution >= 4 is 11.6 Å². The summed E-state index contributed by atoms with van der Waals surface area (Å²) in [6.45, 7) is 6.18. The van der Waals surface area contributed by atoms with E-state index >= 15 is 0 Å². The number of primary amides is 1. The molecule has 1 amide bonds. The van der Waals surface area contributed by atoms with Crippen LogP contribution in [0.5, 0.6) is 0 Å². The monoisotopic (exact) mass is 291 g/mol. The van der Waals surface area contributed by atoms with Crippen LogP contribution in [0.4, 0.5) is 5.69 Å². The van der Waals surface area contributed by atoms with Gasteiger partial charge in [-0.25, -0.2) is 0 Å². The third kappa shape index (κ3) is 4.19. The summed E-state index contributed by atoms with van der Waals surface area (Å²) < 4.78 is 5.37. The molecule has 1 aliphatic heterocycles. The van der Waals surface area contributed by atoms with Gasteiger partial charge in [-0.3, -0.25) is 9.69 Å². The lowest BCUT2D eigenvalue weighted by Crippen LogP contribution is -2.41. The molecule has 0 aromatic heterocycles. The van der Waals surface area contributed by atoms with Gasteiger partial charge in [0, 0.05) is 25.3 Å². The molecule has 5 heteroatoms. The van der Waals surface area contributed by atoms with Gasteiger partial charge in [0.2, 0.25) is 5.91 Å². The summed E-state index contributed by atoms with van der Waals surface area (Å²) in [6, 6.07) is 8.31. The van der Waals surface area contributed by atoms with Crippen molar-refractivity contribution in [3.63, 3.8) is 0 Å². The van der Waals surface area contributed by atoms with Crippen LogP contribution in [0.25, 0.3) is 0 Å². The smallest absolute Gasteiger partial charge is 0.234 e. The second-order valence-electron chi connectivity index (χ2n) is 5.51. The fourth-order valence-corrected chi connectivity index (χ4v) is 2.76. The second kappa shape index (κ2) is 7.43. The molecule has 1 heterocycles. The SMILES string of the molecule is CC[C@H](C(N)=O)N(C)Cc1ccc(N2CCOCC2)cc1. The molecule has 0 saturated carbocycles. The van der Waals surface area contributed by atoms with Gasteiger partial charge in [-0.15, -0.1) is 0 Å². The number of carbonyl (C=O) groups excluding carboxylic acids is 1. The van der Waals surface area contributed by atoms with Crippen molar-refractivity contribution in [1.82, 2.24) is 4.90 Å². The molecule has 0 unspecified atom stereocenters. The number of rotatable bonds is 6. The summed E-state index contributed by atoms with van der Waals surface area (Å²) in [4.78, 5) is 15.7. The predicted octanol–water partition coefficient (Wildman–Crippen LogP) is 1.22. The van der Waals surface area contributed by atoms with E-state index in [0.717, 1.165) is 39.3 Å². The predicted molar refractivity (Wildman–Crippen MR) is 84.2 cm³/mol. The van der Waals surface area contributed by atoms with Crippen molar-refractivity contribution in [3.8, 4) is 0 Å². The molecule has 0 aliphatic carbocycles. The van der Waals surface area contributed by atoms with Crippen LogP contribution in [0, 0.1) is 0 Å². The number of hydrogen-bond acceptors (Lipinski definition) is 4. The van der Waals surface area contributed by atoms with E-state index in [9.17, 15) is 4.79 Å². The lowest BCUT2D eigenvalue weighted by Gasteiger charge is -2.29. The van der Waals surface area contributed by atoms with E-state index in [-0.39, 0.29) is 11.9 Å². The van der Waals surface area contributed by atoms with Crippen LogP contribution >= 0.6 is 0 Å². The van der Waals surface area contributed by atoms with Crippen LogP contribution < -0.4 is 10.6 Å². The van der Waals surface area contributed by atoms with E-state index in [2.05, 4.69) is 29.2 Å². The minimum Gasteiger partial charge on any atom is -0.378 e. The Hall–Kier alpha value is -1.59. The number of carbonyl (C=O) groups is 1. The highest BCUT2D eigenvalue weighted by molar-refractivity contribution is 5.79. The van der Waals surface area contributed by atoms with Gasteiger partial charge in [-0.05, 0) is 31.2 Å². The van der Waals surface area contributed by atoms with Crippen molar-refractivity contribution < 1.29 is 9.53 Å². The van der Waals surface area contributed by atoms with Crippen LogP contribution in [0.2, 0.25) is 0 Å². The van der Waals surface area contributed by atoms with Gasteiger partial charge in [0.1, 0.15) is 0 Å². The molecule has 1 aromatic carbocycles. The van der Waals surface area contributed by atoms with E-state index in [0.29, 0.717) is 0 Å². The largest absolute Gasteiger partial charge is 0.378 e. The Bertz CT molecular complexity index is 455. The summed E-state index contributed by atoms with van der Waals surface area (Å²) in [7, 11) is 1.94. The fraction of sp³-hybridized carbons (Fsp3) is 0.562. The molecule has 0 radical (unpaired) electrons. The number of hydrogen-bond donors (Lipinski definition) is 1. The molecule has 0 spiro atoms. The summed E-state index contributed by atoms with van der Waals surface area (Å²) in [6.07, 6.45) is 0.734. The minimum atomic E-state index is -0.259. The molecule has 21 heavy (non-hydrogen) atoms. The Balaban J connectivity index is 1.97. The standard InChI is InChI=1S/C16H25N3O2/c1-3-15(16(17)20)18(2)12-13-4-6-14(7-5-13)19-8-10-21-11-9-19/h4-7,15H,3,8-12H2,1-2H3,(H2,17,20)/t15-/m1/s1. The van der Waals surface area contributed by atoms with Gasteiger partial charge in [-0.2, -0.15) is 0 Å². The number of benzene rings is 1. The molecule has 1 fully saturated rings. The van der Waals surface area contributed by atoms with Crippen molar-refractivity contribution in [2.45, 2.75) is 25.9 Å². The molecular formula is C16H25N3O2. The maximum Gasteiger partial charge on any atom is 0.234 e. The first-order valence-electron chi connectivity index (χ1n) is 7.53. The summed E-state index contributed by atoms with van der Waals surface area (Å²) in [5.74, 6) is -0.259. The van der Waals surface area contributed by atoms with Gasteiger partial charge in [-0.1, -0.05) is 19.1 Å².